The van der Waals surface area contributed by atoms with Crippen molar-refractivity contribution in [2.24, 2.45) is 0 Å². The highest BCUT2D eigenvalue weighted by molar-refractivity contribution is 6.36. The van der Waals surface area contributed by atoms with Gasteiger partial charge in [0.05, 0.1) is 12.6 Å². The van der Waals surface area contributed by atoms with Gasteiger partial charge in [0, 0.05) is 25.5 Å². The number of rotatable bonds is 3. The van der Waals surface area contributed by atoms with Crippen molar-refractivity contribution in [3.63, 3.8) is 0 Å². The van der Waals surface area contributed by atoms with Gasteiger partial charge in [-0.05, 0) is 32.9 Å². The summed E-state index contributed by atoms with van der Waals surface area (Å²) in [6.45, 7) is 5.83. The molecule has 0 unspecified atom stereocenters. The maximum absolute atomic E-state index is 12.3. The predicted octanol–water partition coefficient (Wildman–Crippen LogP) is 3.78. The van der Waals surface area contributed by atoms with E-state index in [1.807, 2.05) is 26.8 Å². The fraction of sp³-hybridized carbons (Fsp3) is 0.412. The summed E-state index contributed by atoms with van der Waals surface area (Å²) in [7, 11) is 4.88. The van der Waals surface area contributed by atoms with Crippen molar-refractivity contribution < 1.29 is 14.3 Å². The summed E-state index contributed by atoms with van der Waals surface area (Å²) >= 11 is 6.37. The van der Waals surface area contributed by atoms with Crippen LogP contribution in [0, 0.1) is 0 Å². The van der Waals surface area contributed by atoms with Crippen molar-refractivity contribution in [1.82, 2.24) is 9.88 Å². The van der Waals surface area contributed by atoms with E-state index in [0.717, 1.165) is 5.39 Å². The minimum Gasteiger partial charge on any atom is -0.495 e. The van der Waals surface area contributed by atoms with Crippen LogP contribution in [0.2, 0.25) is 5.02 Å². The van der Waals surface area contributed by atoms with Gasteiger partial charge < -0.3 is 14.4 Å². The molecule has 0 saturated carbocycles. The number of hydrogen-bond acceptors (Lipinski definition) is 4. The minimum atomic E-state index is -0.418. The number of methoxy groups -OCH3 is 1. The average molecular weight is 337 g/mol. The second kappa shape index (κ2) is 6.24. The van der Waals surface area contributed by atoms with E-state index in [-0.39, 0.29) is 11.6 Å². The monoisotopic (exact) mass is 336 g/mol. The molecule has 1 heterocycles. The highest BCUT2D eigenvalue weighted by Gasteiger charge is 2.21. The van der Waals surface area contributed by atoms with Crippen LogP contribution in [0.5, 0.6) is 11.5 Å². The van der Waals surface area contributed by atoms with Crippen LogP contribution in [0.3, 0.4) is 0 Å². The molecule has 0 saturated heterocycles. The summed E-state index contributed by atoms with van der Waals surface area (Å²) < 4.78 is 11.2. The number of hydrogen-bond donors (Lipinski definition) is 0. The van der Waals surface area contributed by atoms with Gasteiger partial charge in [-0.2, -0.15) is 0 Å². The highest BCUT2D eigenvalue weighted by Crippen LogP contribution is 2.37. The van der Waals surface area contributed by atoms with Crippen molar-refractivity contribution in [1.29, 1.82) is 0 Å². The van der Waals surface area contributed by atoms with Gasteiger partial charge in [-0.15, -0.1) is 0 Å². The molecule has 0 aliphatic rings. The fourth-order valence-corrected chi connectivity index (χ4v) is 2.40. The first kappa shape index (κ1) is 17.3. The molecule has 1 amide bonds. The molecule has 5 nitrogen and oxygen atoms in total. The van der Waals surface area contributed by atoms with Crippen LogP contribution in [0.4, 0.5) is 0 Å². The predicted molar refractivity (Wildman–Crippen MR) is 91.7 cm³/mol. The zero-order valence-electron chi connectivity index (χ0n) is 14.2. The van der Waals surface area contributed by atoms with Crippen LogP contribution < -0.4 is 9.47 Å². The van der Waals surface area contributed by atoms with E-state index in [1.54, 1.807) is 26.2 Å². The van der Waals surface area contributed by atoms with Gasteiger partial charge in [-0.25, -0.2) is 4.98 Å². The quantitative estimate of drug-likeness (QED) is 0.856. The van der Waals surface area contributed by atoms with E-state index >= 15 is 0 Å². The fourth-order valence-electron chi connectivity index (χ4n) is 2.12. The Bertz CT molecular complexity index is 752. The Kier molecular flexibility index (Phi) is 4.71. The van der Waals surface area contributed by atoms with Crippen LogP contribution in [-0.2, 0) is 0 Å². The SMILES string of the molecule is COc1ccc2c(OC(C)(C)C)cc(C(=O)N(C)C)nc2c1Cl. The first-order chi connectivity index (χ1) is 10.6. The van der Waals surface area contributed by atoms with Crippen LogP contribution in [-0.4, -0.2) is 42.6 Å². The van der Waals surface area contributed by atoms with Crippen LogP contribution in [0.25, 0.3) is 10.9 Å². The molecule has 0 aliphatic heterocycles. The summed E-state index contributed by atoms with van der Waals surface area (Å²) in [4.78, 5) is 18.2. The lowest BCUT2D eigenvalue weighted by Crippen LogP contribution is -2.25. The number of nitrogens with zero attached hydrogens (tertiary/aromatic N) is 2. The molecule has 0 N–H and O–H groups in total. The number of halogens is 1. The van der Waals surface area contributed by atoms with Gasteiger partial charge in [-0.3, -0.25) is 4.79 Å². The number of benzene rings is 1. The number of fused-ring (bicyclic) bond motifs is 1. The Hall–Kier alpha value is -2.01. The van der Waals surface area contributed by atoms with E-state index in [1.165, 1.54) is 12.0 Å². The maximum Gasteiger partial charge on any atom is 0.272 e. The largest absolute Gasteiger partial charge is 0.495 e. The molecule has 23 heavy (non-hydrogen) atoms. The van der Waals surface area contributed by atoms with Crippen molar-refractivity contribution >= 4 is 28.4 Å². The van der Waals surface area contributed by atoms with Crippen molar-refractivity contribution in [2.75, 3.05) is 21.2 Å². The number of carbonyl (C=O) groups is 1. The molecule has 0 fully saturated rings. The Balaban J connectivity index is 2.76. The Labute approximate surface area is 141 Å². The van der Waals surface area contributed by atoms with E-state index in [9.17, 15) is 4.79 Å². The van der Waals surface area contributed by atoms with Crippen LogP contribution in [0.1, 0.15) is 31.3 Å². The summed E-state index contributed by atoms with van der Waals surface area (Å²) in [5.41, 5.74) is 0.342. The van der Waals surface area contributed by atoms with Crippen molar-refractivity contribution in [3.8, 4) is 11.5 Å². The third-order valence-electron chi connectivity index (χ3n) is 3.11. The van der Waals surface area contributed by atoms with E-state index in [2.05, 4.69) is 4.98 Å². The number of pyridine rings is 1. The summed E-state index contributed by atoms with van der Waals surface area (Å²) in [5, 5.41) is 1.10. The normalized spacial score (nSPS) is 11.4. The standard InChI is InChI=1S/C17H21ClN2O3/c1-17(2,3)23-13-9-11(16(21)20(4)5)19-15-10(13)7-8-12(22-6)14(15)18/h7-9H,1-6H3. The van der Waals surface area contributed by atoms with Crippen molar-refractivity contribution in [2.45, 2.75) is 26.4 Å². The number of ether oxygens (including phenoxy) is 2. The molecule has 1 aromatic heterocycles. The molecule has 0 atom stereocenters. The second-order valence-corrected chi connectivity index (χ2v) is 6.78. The summed E-state index contributed by atoms with van der Waals surface area (Å²) in [5.74, 6) is 0.852. The molecular formula is C17H21ClN2O3. The van der Waals surface area contributed by atoms with Gasteiger partial charge in [0.15, 0.2) is 0 Å². The lowest BCUT2D eigenvalue weighted by atomic mass is 10.1. The summed E-state index contributed by atoms with van der Waals surface area (Å²) in [6.07, 6.45) is 0. The van der Waals surface area contributed by atoms with E-state index < -0.39 is 5.60 Å². The van der Waals surface area contributed by atoms with E-state index in [0.29, 0.717) is 22.0 Å². The molecule has 0 radical (unpaired) electrons. The lowest BCUT2D eigenvalue weighted by molar-refractivity contribution is 0.0820. The summed E-state index contributed by atoms with van der Waals surface area (Å²) in [6, 6.07) is 5.24. The zero-order valence-corrected chi connectivity index (χ0v) is 15.0. The Morgan fingerprint density at radius 1 is 1.22 bits per heavy atom. The first-order valence-electron chi connectivity index (χ1n) is 7.22. The number of aromatic nitrogens is 1. The maximum atomic E-state index is 12.3. The van der Waals surface area contributed by atoms with E-state index in [4.69, 9.17) is 21.1 Å². The van der Waals surface area contributed by atoms with Crippen LogP contribution >= 0.6 is 11.6 Å². The zero-order chi connectivity index (χ0) is 17.4. The third-order valence-corrected chi connectivity index (χ3v) is 3.47. The molecule has 2 rings (SSSR count). The minimum absolute atomic E-state index is 0.218. The molecule has 0 aliphatic carbocycles. The molecule has 2 aromatic rings. The van der Waals surface area contributed by atoms with Gasteiger partial charge in [0.1, 0.15) is 27.8 Å². The Morgan fingerprint density at radius 2 is 1.87 bits per heavy atom. The number of amides is 1. The molecule has 1 aromatic carbocycles. The van der Waals surface area contributed by atoms with Gasteiger partial charge in [-0.1, -0.05) is 11.6 Å². The lowest BCUT2D eigenvalue weighted by Gasteiger charge is -2.23. The smallest absolute Gasteiger partial charge is 0.272 e. The topological polar surface area (TPSA) is 51.7 Å². The molecular weight excluding hydrogens is 316 g/mol. The molecule has 6 heteroatoms. The Morgan fingerprint density at radius 3 is 2.39 bits per heavy atom. The van der Waals surface area contributed by atoms with Crippen LogP contribution in [0.15, 0.2) is 18.2 Å². The third kappa shape index (κ3) is 3.67. The molecule has 0 spiro atoms. The van der Waals surface area contributed by atoms with Gasteiger partial charge in [0.25, 0.3) is 5.91 Å². The van der Waals surface area contributed by atoms with Gasteiger partial charge in [0.2, 0.25) is 0 Å². The molecule has 0 bridgehead atoms. The second-order valence-electron chi connectivity index (χ2n) is 6.40. The average Bonchev–Trinajstić information content (AvgIpc) is 2.45. The van der Waals surface area contributed by atoms with Gasteiger partial charge >= 0.3 is 0 Å². The molecule has 124 valence electrons. The van der Waals surface area contributed by atoms with Crippen molar-refractivity contribution in [3.05, 3.63) is 28.9 Å². The first-order valence-corrected chi connectivity index (χ1v) is 7.59. The number of carbonyl (C=O) groups excluding carboxylic acids is 1. The highest BCUT2D eigenvalue weighted by atomic mass is 35.5.